The van der Waals surface area contributed by atoms with Gasteiger partial charge in [-0.25, -0.2) is 9.97 Å². The first-order valence-corrected chi connectivity index (χ1v) is 8.37. The predicted molar refractivity (Wildman–Crippen MR) is 95.9 cm³/mol. The number of anilines is 2. The van der Waals surface area contributed by atoms with Crippen LogP contribution in [0.3, 0.4) is 0 Å². The molecule has 1 aliphatic heterocycles. The number of amides is 2. The molecular formula is C16H15Cl2N5O2. The fraction of sp³-hybridized carbons (Fsp3) is 0.250. The maximum atomic E-state index is 12.3. The van der Waals surface area contributed by atoms with E-state index in [2.05, 4.69) is 15.3 Å². The van der Waals surface area contributed by atoms with Crippen LogP contribution in [0.25, 0.3) is 0 Å². The third kappa shape index (κ3) is 4.18. The summed E-state index contributed by atoms with van der Waals surface area (Å²) >= 11 is 11.9. The highest BCUT2D eigenvalue weighted by atomic mass is 35.5. The monoisotopic (exact) mass is 379 g/mol. The Bertz CT molecular complexity index is 779. The van der Waals surface area contributed by atoms with E-state index in [-0.39, 0.29) is 0 Å². The van der Waals surface area contributed by atoms with Crippen molar-refractivity contribution in [1.82, 2.24) is 14.9 Å². The molecule has 0 bridgehead atoms. The van der Waals surface area contributed by atoms with Gasteiger partial charge in [-0.1, -0.05) is 23.2 Å². The van der Waals surface area contributed by atoms with E-state index in [9.17, 15) is 9.59 Å². The first-order valence-electron chi connectivity index (χ1n) is 7.62. The molecule has 2 heterocycles. The molecule has 130 valence electrons. The van der Waals surface area contributed by atoms with Crippen molar-refractivity contribution >= 4 is 46.7 Å². The quantitative estimate of drug-likeness (QED) is 0.808. The van der Waals surface area contributed by atoms with Gasteiger partial charge < -0.3 is 15.1 Å². The van der Waals surface area contributed by atoms with Crippen LogP contribution < -0.4 is 10.2 Å². The van der Waals surface area contributed by atoms with Crippen LogP contribution in [0.5, 0.6) is 0 Å². The van der Waals surface area contributed by atoms with Gasteiger partial charge in [0.25, 0.3) is 0 Å². The van der Waals surface area contributed by atoms with Crippen LogP contribution in [0.1, 0.15) is 0 Å². The van der Waals surface area contributed by atoms with Crippen molar-refractivity contribution in [3.8, 4) is 0 Å². The Balaban J connectivity index is 1.58. The Labute approximate surface area is 154 Å². The van der Waals surface area contributed by atoms with Crippen molar-refractivity contribution in [2.45, 2.75) is 0 Å². The maximum absolute atomic E-state index is 12.3. The molecule has 3 rings (SSSR count). The van der Waals surface area contributed by atoms with Crippen LogP contribution in [0, 0.1) is 0 Å². The molecule has 0 atom stereocenters. The normalized spacial score (nSPS) is 14.3. The Hall–Kier alpha value is -2.38. The zero-order valence-electron chi connectivity index (χ0n) is 13.2. The minimum Gasteiger partial charge on any atom is -0.337 e. The van der Waals surface area contributed by atoms with Crippen molar-refractivity contribution in [2.75, 3.05) is 36.4 Å². The molecule has 1 fully saturated rings. The van der Waals surface area contributed by atoms with Gasteiger partial charge in [-0.05, 0) is 24.3 Å². The number of rotatable bonds is 2. The third-order valence-electron chi connectivity index (χ3n) is 3.77. The number of hydrogen-bond acceptors (Lipinski definition) is 5. The predicted octanol–water partition coefficient (Wildman–Crippen LogP) is 2.07. The number of halogens is 2. The molecule has 1 aromatic heterocycles. The van der Waals surface area contributed by atoms with Crippen molar-refractivity contribution in [3.63, 3.8) is 0 Å². The van der Waals surface area contributed by atoms with Gasteiger partial charge in [0, 0.05) is 43.6 Å². The summed E-state index contributed by atoms with van der Waals surface area (Å²) in [6.07, 6.45) is 3.34. The van der Waals surface area contributed by atoms with Crippen LogP contribution >= 0.6 is 23.2 Å². The second-order valence-corrected chi connectivity index (χ2v) is 6.25. The van der Waals surface area contributed by atoms with Gasteiger partial charge in [-0.3, -0.25) is 9.59 Å². The van der Waals surface area contributed by atoms with Gasteiger partial charge in [0.05, 0.1) is 10.7 Å². The van der Waals surface area contributed by atoms with Crippen LogP contribution in [0.2, 0.25) is 10.0 Å². The molecule has 2 aromatic rings. The second-order valence-electron chi connectivity index (χ2n) is 5.41. The number of nitrogens with zero attached hydrogens (tertiary/aromatic N) is 4. The molecule has 1 aromatic carbocycles. The van der Waals surface area contributed by atoms with Crippen LogP contribution in [-0.2, 0) is 9.59 Å². The first kappa shape index (κ1) is 17.4. The number of benzene rings is 1. The topological polar surface area (TPSA) is 78.4 Å². The summed E-state index contributed by atoms with van der Waals surface area (Å²) in [6.45, 7) is 1.93. The van der Waals surface area contributed by atoms with Crippen LogP contribution in [0.15, 0.2) is 36.7 Å². The molecule has 1 saturated heterocycles. The standard InChI is InChI=1S/C16H15Cl2N5O2/c17-11-2-3-12(18)13(10-11)21-14(24)15(25)22-6-8-23(9-7-22)16-19-4-1-5-20-16/h1-5,10H,6-9H2,(H,21,24). The summed E-state index contributed by atoms with van der Waals surface area (Å²) in [4.78, 5) is 36.3. The SMILES string of the molecule is O=C(Nc1cc(Cl)ccc1Cl)C(=O)N1CCN(c2ncccn2)CC1. The molecule has 7 nitrogen and oxygen atoms in total. The average Bonchev–Trinajstić information content (AvgIpc) is 2.65. The lowest BCUT2D eigenvalue weighted by atomic mass is 10.3. The second kappa shape index (κ2) is 7.67. The van der Waals surface area contributed by atoms with Gasteiger partial charge in [-0.15, -0.1) is 0 Å². The highest BCUT2D eigenvalue weighted by molar-refractivity contribution is 6.42. The third-order valence-corrected chi connectivity index (χ3v) is 4.34. The average molecular weight is 380 g/mol. The Morgan fingerprint density at radius 1 is 1.04 bits per heavy atom. The summed E-state index contributed by atoms with van der Waals surface area (Å²) in [5.74, 6) is -0.733. The number of hydrogen-bond donors (Lipinski definition) is 1. The molecular weight excluding hydrogens is 365 g/mol. The lowest BCUT2D eigenvalue weighted by molar-refractivity contribution is -0.143. The molecule has 0 spiro atoms. The lowest BCUT2D eigenvalue weighted by Crippen LogP contribution is -2.52. The van der Waals surface area contributed by atoms with Crippen molar-refractivity contribution in [3.05, 3.63) is 46.7 Å². The van der Waals surface area contributed by atoms with Crippen LogP contribution in [-0.4, -0.2) is 52.9 Å². The van der Waals surface area contributed by atoms with E-state index >= 15 is 0 Å². The number of carbonyl (C=O) groups excluding carboxylic acids is 2. The Morgan fingerprint density at radius 2 is 1.72 bits per heavy atom. The van der Waals surface area contributed by atoms with Gasteiger partial charge >= 0.3 is 11.8 Å². The van der Waals surface area contributed by atoms with Gasteiger partial charge in [0.2, 0.25) is 5.95 Å². The van der Waals surface area contributed by atoms with Crippen LogP contribution in [0.4, 0.5) is 11.6 Å². The minimum atomic E-state index is -0.742. The van der Waals surface area contributed by atoms with E-state index in [1.165, 1.54) is 11.0 Å². The summed E-state index contributed by atoms with van der Waals surface area (Å²) in [7, 11) is 0. The fourth-order valence-corrected chi connectivity index (χ4v) is 2.81. The van der Waals surface area contributed by atoms with E-state index in [1.807, 2.05) is 4.90 Å². The Kier molecular flexibility index (Phi) is 5.35. The smallest absolute Gasteiger partial charge is 0.313 e. The summed E-state index contributed by atoms with van der Waals surface area (Å²) in [5.41, 5.74) is 0.309. The van der Waals surface area contributed by atoms with E-state index in [0.29, 0.717) is 47.9 Å². The molecule has 1 N–H and O–H groups in total. The fourth-order valence-electron chi connectivity index (χ4n) is 2.48. The summed E-state index contributed by atoms with van der Waals surface area (Å²) < 4.78 is 0. The summed E-state index contributed by atoms with van der Waals surface area (Å²) in [5, 5.41) is 3.24. The number of nitrogens with one attached hydrogen (secondary N) is 1. The van der Waals surface area contributed by atoms with Gasteiger partial charge in [0.15, 0.2) is 0 Å². The van der Waals surface area contributed by atoms with Crippen molar-refractivity contribution in [2.24, 2.45) is 0 Å². The van der Waals surface area contributed by atoms with E-state index < -0.39 is 11.8 Å². The number of piperazine rings is 1. The highest BCUT2D eigenvalue weighted by Crippen LogP contribution is 2.25. The zero-order chi connectivity index (χ0) is 17.8. The van der Waals surface area contributed by atoms with E-state index in [4.69, 9.17) is 23.2 Å². The molecule has 0 aliphatic carbocycles. The molecule has 0 radical (unpaired) electrons. The van der Waals surface area contributed by atoms with Crippen molar-refractivity contribution < 1.29 is 9.59 Å². The molecule has 9 heteroatoms. The van der Waals surface area contributed by atoms with Gasteiger partial charge in [0.1, 0.15) is 0 Å². The molecule has 25 heavy (non-hydrogen) atoms. The lowest BCUT2D eigenvalue weighted by Gasteiger charge is -2.34. The highest BCUT2D eigenvalue weighted by Gasteiger charge is 2.27. The number of carbonyl (C=O) groups is 2. The molecule has 1 aliphatic rings. The molecule has 0 saturated carbocycles. The van der Waals surface area contributed by atoms with Gasteiger partial charge in [-0.2, -0.15) is 0 Å². The first-order chi connectivity index (χ1) is 12.0. The van der Waals surface area contributed by atoms with E-state index in [0.717, 1.165) is 0 Å². The zero-order valence-corrected chi connectivity index (χ0v) is 14.7. The molecule has 0 unspecified atom stereocenters. The van der Waals surface area contributed by atoms with Crippen molar-refractivity contribution in [1.29, 1.82) is 0 Å². The number of aromatic nitrogens is 2. The van der Waals surface area contributed by atoms with E-state index in [1.54, 1.807) is 30.6 Å². The Morgan fingerprint density at radius 3 is 2.40 bits per heavy atom. The minimum absolute atomic E-state index is 0.309. The maximum Gasteiger partial charge on any atom is 0.313 e. The summed E-state index contributed by atoms with van der Waals surface area (Å²) in [6, 6.07) is 6.41. The largest absolute Gasteiger partial charge is 0.337 e. The molecule has 2 amide bonds.